The number of hydrogen-bond acceptors (Lipinski definition) is 4. The summed E-state index contributed by atoms with van der Waals surface area (Å²) in [5.74, 6) is 0.762. The first-order valence-corrected chi connectivity index (χ1v) is 5.73. The van der Waals surface area contributed by atoms with E-state index in [-0.39, 0.29) is 0 Å². The first kappa shape index (κ1) is 10.7. The van der Waals surface area contributed by atoms with E-state index in [2.05, 4.69) is 20.5 Å². The number of fused-ring (bicyclic) bond motifs is 1. The van der Waals surface area contributed by atoms with Gasteiger partial charge in [-0.2, -0.15) is 0 Å². The number of nitrogens with zero attached hydrogens (tertiary/aromatic N) is 3. The van der Waals surface area contributed by atoms with Gasteiger partial charge in [0.2, 0.25) is 0 Å². The second-order valence-electron chi connectivity index (χ2n) is 3.96. The molecule has 0 saturated heterocycles. The van der Waals surface area contributed by atoms with E-state index in [1.165, 1.54) is 0 Å². The molecule has 0 unspecified atom stereocenters. The number of hydrogen-bond donors (Lipinski definition) is 1. The molecule has 3 aromatic rings. The van der Waals surface area contributed by atoms with Crippen LogP contribution in [0.5, 0.6) is 0 Å². The Balaban J connectivity index is 2.07. The number of aromatic nitrogens is 3. The van der Waals surface area contributed by atoms with Crippen LogP contribution < -0.4 is 5.32 Å². The Labute approximate surface area is 105 Å². The van der Waals surface area contributed by atoms with Crippen LogP contribution >= 0.6 is 0 Å². The fourth-order valence-corrected chi connectivity index (χ4v) is 1.85. The molecule has 0 aliphatic heterocycles. The summed E-state index contributed by atoms with van der Waals surface area (Å²) in [6, 6.07) is 13.9. The Morgan fingerprint density at radius 2 is 1.94 bits per heavy atom. The Hall–Kier alpha value is -2.49. The highest BCUT2D eigenvalue weighted by molar-refractivity contribution is 5.83. The first-order chi connectivity index (χ1) is 8.86. The monoisotopic (exact) mass is 236 g/mol. The van der Waals surface area contributed by atoms with Crippen LogP contribution in [0.15, 0.2) is 48.7 Å². The average molecular weight is 236 g/mol. The van der Waals surface area contributed by atoms with Crippen LogP contribution in [0.25, 0.3) is 22.2 Å². The van der Waals surface area contributed by atoms with Crippen molar-refractivity contribution in [3.63, 3.8) is 0 Å². The Bertz CT molecular complexity index is 677. The standard InChI is InChI=1S/C14H12N4/c1-15-14-7-6-12(17-18-14)11-5-4-10-3-2-8-16-13(10)9-11/h2-9H,1H3,(H,15,18). The van der Waals surface area contributed by atoms with E-state index >= 15 is 0 Å². The van der Waals surface area contributed by atoms with Crippen LogP contribution in [-0.2, 0) is 0 Å². The molecule has 0 spiro atoms. The second-order valence-corrected chi connectivity index (χ2v) is 3.96. The smallest absolute Gasteiger partial charge is 0.148 e. The molecule has 1 aromatic carbocycles. The molecule has 0 bridgehead atoms. The van der Waals surface area contributed by atoms with E-state index in [4.69, 9.17) is 0 Å². The molecule has 1 N–H and O–H groups in total. The van der Waals surface area contributed by atoms with Gasteiger partial charge in [0.1, 0.15) is 5.82 Å². The molecular weight excluding hydrogens is 224 g/mol. The van der Waals surface area contributed by atoms with Gasteiger partial charge in [-0.1, -0.05) is 18.2 Å². The van der Waals surface area contributed by atoms with Gasteiger partial charge in [-0.05, 0) is 24.3 Å². The van der Waals surface area contributed by atoms with E-state index < -0.39 is 0 Å². The number of benzene rings is 1. The molecule has 18 heavy (non-hydrogen) atoms. The molecule has 0 atom stereocenters. The van der Waals surface area contributed by atoms with Crippen LogP contribution in [0.4, 0.5) is 5.82 Å². The summed E-state index contributed by atoms with van der Waals surface area (Å²) in [5.41, 5.74) is 2.84. The third-order valence-electron chi connectivity index (χ3n) is 2.82. The van der Waals surface area contributed by atoms with Crippen molar-refractivity contribution in [1.29, 1.82) is 0 Å². The van der Waals surface area contributed by atoms with E-state index in [1.807, 2.05) is 49.5 Å². The lowest BCUT2D eigenvalue weighted by molar-refractivity contribution is 1.04. The van der Waals surface area contributed by atoms with Crippen molar-refractivity contribution in [1.82, 2.24) is 15.2 Å². The topological polar surface area (TPSA) is 50.7 Å². The van der Waals surface area contributed by atoms with Crippen molar-refractivity contribution in [2.45, 2.75) is 0 Å². The third-order valence-corrected chi connectivity index (χ3v) is 2.82. The lowest BCUT2D eigenvalue weighted by atomic mass is 10.1. The van der Waals surface area contributed by atoms with Gasteiger partial charge >= 0.3 is 0 Å². The minimum atomic E-state index is 0.762. The molecule has 3 rings (SSSR count). The van der Waals surface area contributed by atoms with Gasteiger partial charge in [0.15, 0.2) is 0 Å². The largest absolute Gasteiger partial charge is 0.372 e. The molecule has 0 aliphatic rings. The van der Waals surface area contributed by atoms with E-state index in [9.17, 15) is 0 Å². The van der Waals surface area contributed by atoms with Crippen molar-refractivity contribution >= 4 is 16.7 Å². The maximum atomic E-state index is 4.34. The molecular formula is C14H12N4. The van der Waals surface area contributed by atoms with Crippen molar-refractivity contribution < 1.29 is 0 Å². The zero-order chi connectivity index (χ0) is 12.4. The van der Waals surface area contributed by atoms with Crippen LogP contribution in [0.2, 0.25) is 0 Å². The summed E-state index contributed by atoms with van der Waals surface area (Å²) in [5, 5.41) is 12.3. The summed E-state index contributed by atoms with van der Waals surface area (Å²) in [6.07, 6.45) is 1.79. The average Bonchev–Trinajstić information content (AvgIpc) is 2.47. The molecule has 88 valence electrons. The minimum Gasteiger partial charge on any atom is -0.372 e. The SMILES string of the molecule is CNc1ccc(-c2ccc3cccnc3c2)nn1. The van der Waals surface area contributed by atoms with Crippen molar-refractivity contribution in [2.75, 3.05) is 12.4 Å². The maximum Gasteiger partial charge on any atom is 0.148 e. The van der Waals surface area contributed by atoms with E-state index in [1.54, 1.807) is 6.20 Å². The zero-order valence-corrected chi connectivity index (χ0v) is 9.96. The first-order valence-electron chi connectivity index (χ1n) is 5.73. The van der Waals surface area contributed by atoms with Crippen LogP contribution in [0.1, 0.15) is 0 Å². The van der Waals surface area contributed by atoms with Crippen molar-refractivity contribution in [2.24, 2.45) is 0 Å². The predicted octanol–water partition coefficient (Wildman–Crippen LogP) is 2.73. The predicted molar refractivity (Wildman–Crippen MR) is 72.3 cm³/mol. The number of anilines is 1. The lowest BCUT2D eigenvalue weighted by Gasteiger charge is -2.03. The molecule has 2 aromatic heterocycles. The molecule has 0 radical (unpaired) electrons. The van der Waals surface area contributed by atoms with Crippen molar-refractivity contribution in [3.8, 4) is 11.3 Å². The van der Waals surface area contributed by atoms with E-state index in [0.29, 0.717) is 0 Å². The number of rotatable bonds is 2. The highest BCUT2D eigenvalue weighted by atomic mass is 15.2. The molecule has 2 heterocycles. The molecule has 4 nitrogen and oxygen atoms in total. The van der Waals surface area contributed by atoms with Gasteiger partial charge in [0.25, 0.3) is 0 Å². The summed E-state index contributed by atoms with van der Waals surface area (Å²) < 4.78 is 0. The molecule has 0 aliphatic carbocycles. The summed E-state index contributed by atoms with van der Waals surface area (Å²) >= 11 is 0. The Kier molecular flexibility index (Phi) is 2.61. The molecule has 0 saturated carbocycles. The van der Waals surface area contributed by atoms with Gasteiger partial charge in [0.05, 0.1) is 11.2 Å². The van der Waals surface area contributed by atoms with Gasteiger partial charge in [0, 0.05) is 24.2 Å². The van der Waals surface area contributed by atoms with Crippen LogP contribution in [0, 0.1) is 0 Å². The fraction of sp³-hybridized carbons (Fsp3) is 0.0714. The summed E-state index contributed by atoms with van der Waals surface area (Å²) in [6.45, 7) is 0. The third kappa shape index (κ3) is 1.88. The van der Waals surface area contributed by atoms with Gasteiger partial charge < -0.3 is 5.32 Å². The quantitative estimate of drug-likeness (QED) is 0.743. The summed E-state index contributed by atoms with van der Waals surface area (Å²) in [7, 11) is 1.82. The van der Waals surface area contributed by atoms with E-state index in [0.717, 1.165) is 28.0 Å². The number of pyridine rings is 1. The summed E-state index contributed by atoms with van der Waals surface area (Å²) in [4.78, 5) is 4.34. The Morgan fingerprint density at radius 1 is 1.00 bits per heavy atom. The second kappa shape index (κ2) is 4.41. The van der Waals surface area contributed by atoms with Crippen LogP contribution in [-0.4, -0.2) is 22.2 Å². The normalized spacial score (nSPS) is 10.5. The Morgan fingerprint density at radius 3 is 2.72 bits per heavy atom. The maximum absolute atomic E-state index is 4.34. The zero-order valence-electron chi connectivity index (χ0n) is 9.96. The fourth-order valence-electron chi connectivity index (χ4n) is 1.85. The van der Waals surface area contributed by atoms with Crippen molar-refractivity contribution in [3.05, 3.63) is 48.7 Å². The van der Waals surface area contributed by atoms with Gasteiger partial charge in [-0.25, -0.2) is 0 Å². The highest BCUT2D eigenvalue weighted by Gasteiger charge is 2.02. The molecule has 4 heteroatoms. The molecule has 0 fully saturated rings. The van der Waals surface area contributed by atoms with Gasteiger partial charge in [-0.3, -0.25) is 4.98 Å². The van der Waals surface area contributed by atoms with Gasteiger partial charge in [-0.15, -0.1) is 10.2 Å². The molecule has 0 amide bonds. The number of nitrogens with one attached hydrogen (secondary N) is 1. The lowest BCUT2D eigenvalue weighted by Crippen LogP contribution is -1.95. The minimum absolute atomic E-state index is 0.762. The highest BCUT2D eigenvalue weighted by Crippen LogP contribution is 2.21. The van der Waals surface area contributed by atoms with Crippen LogP contribution in [0.3, 0.4) is 0 Å².